The van der Waals surface area contributed by atoms with Crippen molar-refractivity contribution in [3.63, 3.8) is 0 Å². The fraction of sp³-hybridized carbons (Fsp3) is 0.200. The fourth-order valence-corrected chi connectivity index (χ4v) is 1.55. The molecule has 1 unspecified atom stereocenters. The molecule has 0 aliphatic rings. The molecule has 1 N–H and O–H groups in total. The Labute approximate surface area is 102 Å². The second kappa shape index (κ2) is 4.41. The first kappa shape index (κ1) is 11.4. The topological polar surface area (TPSA) is 59.2 Å². The maximum atomic E-state index is 9.26. The van der Waals surface area contributed by atoms with E-state index in [2.05, 4.69) is 10.1 Å². The van der Waals surface area contributed by atoms with Crippen LogP contribution in [-0.2, 0) is 0 Å². The Hall–Kier alpha value is -1.10. The van der Waals surface area contributed by atoms with Crippen molar-refractivity contribution in [2.45, 2.75) is 13.0 Å². The first-order chi connectivity index (χ1) is 7.58. The predicted octanol–water partition coefficient (Wildman–Crippen LogP) is 3.10. The largest absolute Gasteiger partial charge is 0.385 e. The van der Waals surface area contributed by atoms with Gasteiger partial charge in [0.05, 0.1) is 10.6 Å². The summed E-state index contributed by atoms with van der Waals surface area (Å²) in [6.45, 7) is 1.55. The molecule has 6 heteroatoms. The highest BCUT2D eigenvalue weighted by Crippen LogP contribution is 2.29. The van der Waals surface area contributed by atoms with Gasteiger partial charge in [0.1, 0.15) is 6.10 Å². The molecule has 1 aromatic carbocycles. The van der Waals surface area contributed by atoms with Crippen LogP contribution in [0.1, 0.15) is 18.9 Å². The Bertz CT molecular complexity index is 511. The van der Waals surface area contributed by atoms with Crippen LogP contribution in [0, 0.1) is 0 Å². The molecule has 4 nitrogen and oxygen atoms in total. The van der Waals surface area contributed by atoms with Crippen LogP contribution in [0.15, 0.2) is 22.7 Å². The summed E-state index contributed by atoms with van der Waals surface area (Å²) in [5, 5.41) is 13.9. The van der Waals surface area contributed by atoms with Gasteiger partial charge in [-0.05, 0) is 25.1 Å². The first-order valence-electron chi connectivity index (χ1n) is 4.55. The first-order valence-corrected chi connectivity index (χ1v) is 5.30. The second-order valence-corrected chi connectivity index (χ2v) is 4.10. The van der Waals surface area contributed by atoms with Gasteiger partial charge in [-0.2, -0.15) is 4.98 Å². The number of halogens is 2. The molecule has 0 fully saturated rings. The molecule has 0 bridgehead atoms. The lowest BCUT2D eigenvalue weighted by Gasteiger charge is -1.98. The van der Waals surface area contributed by atoms with Crippen LogP contribution >= 0.6 is 23.2 Å². The Kier molecular flexibility index (Phi) is 3.14. The van der Waals surface area contributed by atoms with E-state index in [1.807, 2.05) is 0 Å². The lowest BCUT2D eigenvalue weighted by Crippen LogP contribution is -1.93. The average Bonchev–Trinajstić information content (AvgIpc) is 2.70. The fourth-order valence-electron chi connectivity index (χ4n) is 1.18. The molecule has 0 spiro atoms. The number of nitrogens with zero attached hydrogens (tertiary/aromatic N) is 2. The molecule has 16 heavy (non-hydrogen) atoms. The van der Waals surface area contributed by atoms with Gasteiger partial charge in [-0.25, -0.2) is 0 Å². The zero-order valence-electron chi connectivity index (χ0n) is 8.32. The Morgan fingerprint density at radius 2 is 2.12 bits per heavy atom. The summed E-state index contributed by atoms with van der Waals surface area (Å²) in [7, 11) is 0. The van der Waals surface area contributed by atoms with Gasteiger partial charge >= 0.3 is 0 Å². The van der Waals surface area contributed by atoms with E-state index in [4.69, 9.17) is 27.7 Å². The van der Waals surface area contributed by atoms with Crippen LogP contribution in [-0.4, -0.2) is 15.2 Å². The van der Waals surface area contributed by atoms with Crippen molar-refractivity contribution in [1.82, 2.24) is 10.1 Å². The molecule has 1 atom stereocenters. The highest BCUT2D eigenvalue weighted by Gasteiger charge is 2.15. The minimum absolute atomic E-state index is 0.214. The number of hydrogen-bond donors (Lipinski definition) is 1. The Morgan fingerprint density at radius 3 is 2.75 bits per heavy atom. The van der Waals surface area contributed by atoms with E-state index in [0.29, 0.717) is 15.6 Å². The smallest absolute Gasteiger partial charge is 0.259 e. The molecule has 0 aliphatic carbocycles. The quantitative estimate of drug-likeness (QED) is 0.900. The van der Waals surface area contributed by atoms with Crippen molar-refractivity contribution in [3.05, 3.63) is 34.1 Å². The third kappa shape index (κ3) is 2.19. The molecule has 0 radical (unpaired) electrons. The summed E-state index contributed by atoms with van der Waals surface area (Å²) < 4.78 is 4.98. The third-order valence-electron chi connectivity index (χ3n) is 1.97. The molecule has 0 amide bonds. The van der Waals surface area contributed by atoms with Crippen molar-refractivity contribution in [3.8, 4) is 11.5 Å². The molecule has 0 saturated heterocycles. The lowest BCUT2D eigenvalue weighted by molar-refractivity contribution is 0.184. The van der Waals surface area contributed by atoms with Crippen molar-refractivity contribution in [2.75, 3.05) is 0 Å². The van der Waals surface area contributed by atoms with Crippen molar-refractivity contribution >= 4 is 23.2 Å². The molecule has 0 aliphatic heterocycles. The normalized spacial score (nSPS) is 12.8. The van der Waals surface area contributed by atoms with Gasteiger partial charge in [0.15, 0.2) is 5.82 Å². The molecule has 84 valence electrons. The van der Waals surface area contributed by atoms with E-state index < -0.39 is 6.10 Å². The van der Waals surface area contributed by atoms with Gasteiger partial charge in [0.2, 0.25) is 0 Å². The van der Waals surface area contributed by atoms with Gasteiger partial charge in [0.25, 0.3) is 5.89 Å². The molecule has 2 aromatic rings. The zero-order valence-corrected chi connectivity index (χ0v) is 9.83. The van der Waals surface area contributed by atoms with E-state index in [1.165, 1.54) is 0 Å². The number of hydrogen-bond acceptors (Lipinski definition) is 4. The minimum Gasteiger partial charge on any atom is -0.385 e. The highest BCUT2D eigenvalue weighted by molar-refractivity contribution is 6.35. The summed E-state index contributed by atoms with van der Waals surface area (Å²) in [4.78, 5) is 4.01. The molecule has 1 aromatic heterocycles. The van der Waals surface area contributed by atoms with Crippen LogP contribution in [0.5, 0.6) is 0 Å². The van der Waals surface area contributed by atoms with Crippen LogP contribution in [0.3, 0.4) is 0 Å². The number of aromatic nitrogens is 2. The standard InChI is InChI=1S/C10H8Cl2N2O2/c1-5(15)9-13-10(16-14-9)7-4-6(11)2-3-8(7)12/h2-5,15H,1H3. The maximum absolute atomic E-state index is 9.26. The minimum atomic E-state index is -0.782. The van der Waals surface area contributed by atoms with Crippen LogP contribution in [0.2, 0.25) is 10.0 Å². The summed E-state index contributed by atoms with van der Waals surface area (Å²) >= 11 is 11.8. The van der Waals surface area contributed by atoms with Gasteiger partial charge in [0, 0.05) is 5.02 Å². The predicted molar refractivity (Wildman–Crippen MR) is 60.4 cm³/mol. The van der Waals surface area contributed by atoms with Crippen LogP contribution in [0.4, 0.5) is 0 Å². The van der Waals surface area contributed by atoms with Gasteiger partial charge in [-0.3, -0.25) is 0 Å². The van der Waals surface area contributed by atoms with Crippen molar-refractivity contribution in [2.24, 2.45) is 0 Å². The highest BCUT2D eigenvalue weighted by atomic mass is 35.5. The second-order valence-electron chi connectivity index (χ2n) is 3.26. The van der Waals surface area contributed by atoms with Gasteiger partial charge in [-0.1, -0.05) is 28.4 Å². The Balaban J connectivity index is 2.46. The summed E-state index contributed by atoms with van der Waals surface area (Å²) in [5.74, 6) is 0.453. The molecule has 2 rings (SSSR count). The van der Waals surface area contributed by atoms with E-state index in [0.717, 1.165) is 0 Å². The van der Waals surface area contributed by atoms with Crippen LogP contribution < -0.4 is 0 Å². The molecule has 0 saturated carbocycles. The number of benzene rings is 1. The number of aliphatic hydroxyl groups is 1. The van der Waals surface area contributed by atoms with E-state index in [9.17, 15) is 5.11 Å². The zero-order chi connectivity index (χ0) is 11.7. The lowest BCUT2D eigenvalue weighted by atomic mass is 10.2. The van der Waals surface area contributed by atoms with E-state index in [-0.39, 0.29) is 11.7 Å². The SMILES string of the molecule is CC(O)c1noc(-c2cc(Cl)ccc2Cl)n1. The van der Waals surface area contributed by atoms with Crippen molar-refractivity contribution in [1.29, 1.82) is 0 Å². The van der Waals surface area contributed by atoms with Crippen molar-refractivity contribution < 1.29 is 9.63 Å². The molecular formula is C10H8Cl2N2O2. The molecule has 1 heterocycles. The van der Waals surface area contributed by atoms with Gasteiger partial charge in [-0.15, -0.1) is 0 Å². The monoisotopic (exact) mass is 258 g/mol. The molecular weight excluding hydrogens is 251 g/mol. The van der Waals surface area contributed by atoms with E-state index >= 15 is 0 Å². The van der Waals surface area contributed by atoms with E-state index in [1.54, 1.807) is 25.1 Å². The summed E-state index contributed by atoms with van der Waals surface area (Å²) in [5.41, 5.74) is 0.550. The summed E-state index contributed by atoms with van der Waals surface area (Å²) in [6, 6.07) is 4.94. The Morgan fingerprint density at radius 1 is 1.38 bits per heavy atom. The maximum Gasteiger partial charge on any atom is 0.259 e. The number of rotatable bonds is 2. The average molecular weight is 259 g/mol. The van der Waals surface area contributed by atoms with Gasteiger partial charge < -0.3 is 9.63 Å². The number of aliphatic hydroxyl groups excluding tert-OH is 1. The summed E-state index contributed by atoms with van der Waals surface area (Å²) in [6.07, 6.45) is -0.782. The third-order valence-corrected chi connectivity index (χ3v) is 2.54. The van der Waals surface area contributed by atoms with Crippen LogP contribution in [0.25, 0.3) is 11.5 Å².